The minimum absolute atomic E-state index is 0.0992. The van der Waals surface area contributed by atoms with Gasteiger partial charge in [-0.1, -0.05) is 30.7 Å². The van der Waals surface area contributed by atoms with E-state index in [1.54, 1.807) is 0 Å². The van der Waals surface area contributed by atoms with Gasteiger partial charge in [0.05, 0.1) is 6.04 Å². The van der Waals surface area contributed by atoms with Crippen molar-refractivity contribution in [3.63, 3.8) is 0 Å². The number of nitrogens with two attached hydrogens (primary N) is 1. The van der Waals surface area contributed by atoms with Crippen LogP contribution in [0.2, 0.25) is 5.02 Å². The standard InChI is InChI=1S/C14H19ClN2O/c1-10(9-16)14(18)17-8-2-3-13(17)11-4-6-12(15)7-5-11/h4-7,10,13H,2-3,8-9,16H2,1H3. The molecule has 0 aromatic heterocycles. The lowest BCUT2D eigenvalue weighted by Gasteiger charge is -2.27. The summed E-state index contributed by atoms with van der Waals surface area (Å²) in [6.45, 7) is 3.12. The quantitative estimate of drug-likeness (QED) is 0.914. The zero-order valence-corrected chi connectivity index (χ0v) is 11.4. The Labute approximate surface area is 113 Å². The maximum Gasteiger partial charge on any atom is 0.227 e. The number of benzene rings is 1. The highest BCUT2D eigenvalue weighted by Crippen LogP contribution is 2.33. The summed E-state index contributed by atoms with van der Waals surface area (Å²) in [5.41, 5.74) is 6.74. The van der Waals surface area contributed by atoms with E-state index in [9.17, 15) is 4.79 Å². The number of halogens is 1. The zero-order valence-electron chi connectivity index (χ0n) is 10.6. The van der Waals surface area contributed by atoms with Gasteiger partial charge in [-0.2, -0.15) is 0 Å². The predicted molar refractivity (Wildman–Crippen MR) is 73.4 cm³/mol. The molecule has 0 radical (unpaired) electrons. The van der Waals surface area contributed by atoms with Crippen molar-refractivity contribution >= 4 is 17.5 Å². The molecule has 2 N–H and O–H groups in total. The molecule has 0 saturated carbocycles. The molecule has 1 aliphatic heterocycles. The molecule has 2 atom stereocenters. The molecule has 18 heavy (non-hydrogen) atoms. The van der Waals surface area contributed by atoms with Crippen molar-refractivity contribution in [2.45, 2.75) is 25.8 Å². The molecule has 0 spiro atoms. The first-order valence-corrected chi connectivity index (χ1v) is 6.77. The first-order valence-electron chi connectivity index (χ1n) is 6.39. The average Bonchev–Trinajstić information content (AvgIpc) is 2.87. The lowest BCUT2D eigenvalue weighted by Crippen LogP contribution is -2.37. The summed E-state index contributed by atoms with van der Waals surface area (Å²) in [6.07, 6.45) is 2.07. The first-order chi connectivity index (χ1) is 8.63. The summed E-state index contributed by atoms with van der Waals surface area (Å²) < 4.78 is 0. The van der Waals surface area contributed by atoms with Crippen molar-refractivity contribution in [2.24, 2.45) is 11.7 Å². The topological polar surface area (TPSA) is 46.3 Å². The number of amides is 1. The maximum absolute atomic E-state index is 12.2. The second-order valence-corrected chi connectivity index (χ2v) is 5.31. The number of carbonyl (C=O) groups excluding carboxylic acids is 1. The van der Waals surface area contributed by atoms with Crippen LogP contribution in [0.25, 0.3) is 0 Å². The number of hydrogen-bond donors (Lipinski definition) is 1. The first kappa shape index (κ1) is 13.4. The fraction of sp³-hybridized carbons (Fsp3) is 0.500. The summed E-state index contributed by atoms with van der Waals surface area (Å²) in [6, 6.07) is 7.95. The minimum Gasteiger partial charge on any atom is -0.335 e. The molecule has 2 rings (SSSR count). The van der Waals surface area contributed by atoms with Crippen molar-refractivity contribution in [3.8, 4) is 0 Å². The summed E-state index contributed by atoms with van der Waals surface area (Å²) in [7, 11) is 0. The highest BCUT2D eigenvalue weighted by Gasteiger charge is 2.31. The third kappa shape index (κ3) is 2.68. The van der Waals surface area contributed by atoms with Gasteiger partial charge in [0, 0.05) is 24.0 Å². The summed E-state index contributed by atoms with van der Waals surface area (Å²) in [4.78, 5) is 14.2. The molecule has 1 heterocycles. The van der Waals surface area contributed by atoms with Crippen LogP contribution >= 0.6 is 11.6 Å². The van der Waals surface area contributed by atoms with Gasteiger partial charge in [0.2, 0.25) is 5.91 Å². The van der Waals surface area contributed by atoms with Crippen LogP contribution in [0.5, 0.6) is 0 Å². The molecular weight excluding hydrogens is 248 g/mol. The Kier molecular flexibility index (Phi) is 4.25. The third-order valence-electron chi connectivity index (χ3n) is 3.57. The Morgan fingerprint density at radius 2 is 2.17 bits per heavy atom. The van der Waals surface area contributed by atoms with Crippen molar-refractivity contribution in [2.75, 3.05) is 13.1 Å². The monoisotopic (exact) mass is 266 g/mol. The van der Waals surface area contributed by atoms with E-state index in [1.165, 1.54) is 0 Å². The Hall–Kier alpha value is -1.06. The van der Waals surface area contributed by atoms with E-state index in [2.05, 4.69) is 0 Å². The Balaban J connectivity index is 2.17. The van der Waals surface area contributed by atoms with E-state index in [1.807, 2.05) is 36.1 Å². The molecule has 0 bridgehead atoms. The van der Waals surface area contributed by atoms with E-state index < -0.39 is 0 Å². The van der Waals surface area contributed by atoms with Crippen LogP contribution in [-0.4, -0.2) is 23.9 Å². The Bertz CT molecular complexity index is 418. The third-order valence-corrected chi connectivity index (χ3v) is 3.82. The van der Waals surface area contributed by atoms with E-state index in [0.29, 0.717) is 6.54 Å². The second-order valence-electron chi connectivity index (χ2n) is 4.88. The van der Waals surface area contributed by atoms with Gasteiger partial charge in [-0.15, -0.1) is 0 Å². The number of rotatable bonds is 3. The molecule has 98 valence electrons. The smallest absolute Gasteiger partial charge is 0.227 e. The molecule has 4 heteroatoms. The van der Waals surface area contributed by atoms with Gasteiger partial charge < -0.3 is 10.6 Å². The van der Waals surface area contributed by atoms with Gasteiger partial charge in [-0.3, -0.25) is 4.79 Å². The van der Waals surface area contributed by atoms with Crippen molar-refractivity contribution < 1.29 is 4.79 Å². The van der Waals surface area contributed by atoms with Crippen LogP contribution in [0, 0.1) is 5.92 Å². The predicted octanol–water partition coefficient (Wildman–Crippen LogP) is 2.60. The van der Waals surface area contributed by atoms with Gasteiger partial charge in [0.15, 0.2) is 0 Å². The molecule has 1 aromatic carbocycles. The van der Waals surface area contributed by atoms with Crippen LogP contribution in [0.15, 0.2) is 24.3 Å². The lowest BCUT2D eigenvalue weighted by atomic mass is 10.0. The Morgan fingerprint density at radius 3 is 2.78 bits per heavy atom. The molecule has 0 aliphatic carbocycles. The number of likely N-dealkylation sites (tertiary alicyclic amines) is 1. The van der Waals surface area contributed by atoms with Gasteiger partial charge in [-0.05, 0) is 30.5 Å². The summed E-state index contributed by atoms with van der Waals surface area (Å²) in [5.74, 6) is 0.0628. The van der Waals surface area contributed by atoms with Crippen LogP contribution in [0.4, 0.5) is 0 Å². The van der Waals surface area contributed by atoms with Gasteiger partial charge in [0.25, 0.3) is 0 Å². The highest BCUT2D eigenvalue weighted by molar-refractivity contribution is 6.30. The number of hydrogen-bond acceptors (Lipinski definition) is 2. The normalized spacial score (nSPS) is 21.1. The molecule has 1 saturated heterocycles. The number of carbonyl (C=O) groups is 1. The average molecular weight is 267 g/mol. The molecule has 2 unspecified atom stereocenters. The Morgan fingerprint density at radius 1 is 1.50 bits per heavy atom. The van der Waals surface area contributed by atoms with E-state index in [4.69, 9.17) is 17.3 Å². The number of nitrogens with zero attached hydrogens (tertiary/aromatic N) is 1. The molecule has 1 aromatic rings. The largest absolute Gasteiger partial charge is 0.335 e. The second kappa shape index (κ2) is 5.72. The fourth-order valence-corrected chi connectivity index (χ4v) is 2.57. The van der Waals surface area contributed by atoms with Crippen molar-refractivity contribution in [1.29, 1.82) is 0 Å². The van der Waals surface area contributed by atoms with Crippen LogP contribution in [0.3, 0.4) is 0 Å². The SMILES string of the molecule is CC(CN)C(=O)N1CCCC1c1ccc(Cl)cc1. The van der Waals surface area contributed by atoms with Crippen molar-refractivity contribution in [1.82, 2.24) is 4.90 Å². The van der Waals surface area contributed by atoms with E-state index in [0.717, 1.165) is 30.0 Å². The lowest BCUT2D eigenvalue weighted by molar-refractivity contribution is -0.135. The van der Waals surface area contributed by atoms with Crippen LogP contribution in [0.1, 0.15) is 31.4 Å². The molecule has 1 amide bonds. The minimum atomic E-state index is -0.0992. The zero-order chi connectivity index (χ0) is 13.1. The fourth-order valence-electron chi connectivity index (χ4n) is 2.45. The van der Waals surface area contributed by atoms with Crippen LogP contribution < -0.4 is 5.73 Å². The highest BCUT2D eigenvalue weighted by atomic mass is 35.5. The van der Waals surface area contributed by atoms with E-state index >= 15 is 0 Å². The molecule has 1 fully saturated rings. The molecular formula is C14H19ClN2O. The van der Waals surface area contributed by atoms with Crippen LogP contribution in [-0.2, 0) is 4.79 Å². The van der Waals surface area contributed by atoms with Gasteiger partial charge >= 0.3 is 0 Å². The molecule has 3 nitrogen and oxygen atoms in total. The maximum atomic E-state index is 12.2. The van der Waals surface area contributed by atoms with Crippen molar-refractivity contribution in [3.05, 3.63) is 34.9 Å². The summed E-state index contributed by atoms with van der Waals surface area (Å²) in [5, 5.41) is 0.727. The van der Waals surface area contributed by atoms with E-state index in [-0.39, 0.29) is 17.9 Å². The molecule has 1 aliphatic rings. The van der Waals surface area contributed by atoms with Gasteiger partial charge in [0.1, 0.15) is 0 Å². The van der Waals surface area contributed by atoms with Gasteiger partial charge in [-0.25, -0.2) is 0 Å². The summed E-state index contributed by atoms with van der Waals surface area (Å²) >= 11 is 5.89.